The van der Waals surface area contributed by atoms with E-state index in [9.17, 15) is 5.11 Å². The fourth-order valence-electron chi connectivity index (χ4n) is 1.46. The quantitative estimate of drug-likeness (QED) is 0.821. The van der Waals surface area contributed by atoms with Gasteiger partial charge in [-0.2, -0.15) is 0 Å². The molecule has 0 bridgehead atoms. The summed E-state index contributed by atoms with van der Waals surface area (Å²) < 4.78 is 0. The van der Waals surface area contributed by atoms with Crippen molar-refractivity contribution in [3.05, 3.63) is 28.2 Å². The Morgan fingerprint density at radius 1 is 1.29 bits per heavy atom. The summed E-state index contributed by atoms with van der Waals surface area (Å²) in [6.07, 6.45) is 1.60. The summed E-state index contributed by atoms with van der Waals surface area (Å²) in [6, 6.07) is 5.43. The normalized spacial score (nSPS) is 25.6. The first-order valence-electron chi connectivity index (χ1n) is 4.56. The third kappa shape index (κ3) is 1.97. The number of nitrogens with one attached hydrogen (secondary N) is 1. The molecule has 0 heterocycles. The van der Waals surface area contributed by atoms with Gasteiger partial charge in [-0.1, -0.05) is 23.2 Å². The summed E-state index contributed by atoms with van der Waals surface area (Å²) in [5, 5.41) is 13.8. The van der Waals surface area contributed by atoms with Crippen LogP contribution < -0.4 is 5.32 Å². The minimum absolute atomic E-state index is 0.133. The molecular weight excluding hydrogens is 221 g/mol. The largest absolute Gasteiger partial charge is 0.391 e. The molecule has 2 nitrogen and oxygen atoms in total. The van der Waals surface area contributed by atoms with Gasteiger partial charge in [-0.05, 0) is 31.0 Å². The van der Waals surface area contributed by atoms with Crippen molar-refractivity contribution in [2.45, 2.75) is 25.0 Å². The molecule has 2 atom stereocenters. The third-order valence-corrected chi connectivity index (χ3v) is 3.06. The molecule has 1 aromatic carbocycles. The molecule has 2 N–H and O–H groups in total. The van der Waals surface area contributed by atoms with Gasteiger partial charge in [0, 0.05) is 5.02 Å². The minimum atomic E-state index is -0.248. The van der Waals surface area contributed by atoms with E-state index in [2.05, 4.69) is 5.32 Å². The lowest BCUT2D eigenvalue weighted by molar-refractivity contribution is 0.0786. The van der Waals surface area contributed by atoms with Crippen LogP contribution in [0.3, 0.4) is 0 Å². The van der Waals surface area contributed by atoms with Crippen LogP contribution in [0.5, 0.6) is 0 Å². The predicted octanol–water partition coefficient (Wildman–Crippen LogP) is 2.93. The van der Waals surface area contributed by atoms with Gasteiger partial charge in [-0.3, -0.25) is 0 Å². The second kappa shape index (κ2) is 3.97. The zero-order valence-electron chi connectivity index (χ0n) is 7.50. The van der Waals surface area contributed by atoms with Crippen LogP contribution in [0.25, 0.3) is 0 Å². The molecule has 0 aliphatic heterocycles. The van der Waals surface area contributed by atoms with Crippen LogP contribution in [-0.4, -0.2) is 17.3 Å². The van der Waals surface area contributed by atoms with E-state index in [1.54, 1.807) is 12.1 Å². The maximum absolute atomic E-state index is 9.38. The van der Waals surface area contributed by atoms with E-state index in [1.807, 2.05) is 6.07 Å². The molecule has 0 spiro atoms. The number of hydrogen-bond donors (Lipinski definition) is 2. The molecule has 2 rings (SSSR count). The Kier molecular flexibility index (Phi) is 2.86. The van der Waals surface area contributed by atoms with Gasteiger partial charge in [-0.15, -0.1) is 0 Å². The highest BCUT2D eigenvalue weighted by Crippen LogP contribution is 2.30. The summed E-state index contributed by atoms with van der Waals surface area (Å²) in [5.41, 5.74) is 0.833. The van der Waals surface area contributed by atoms with Gasteiger partial charge in [0.25, 0.3) is 0 Å². The van der Waals surface area contributed by atoms with E-state index >= 15 is 0 Å². The molecule has 0 saturated heterocycles. The fraction of sp³-hybridized carbons (Fsp3) is 0.400. The van der Waals surface area contributed by atoms with E-state index < -0.39 is 0 Å². The summed E-state index contributed by atoms with van der Waals surface area (Å²) in [4.78, 5) is 0. The fourth-order valence-corrected chi connectivity index (χ4v) is 1.92. The lowest BCUT2D eigenvalue weighted by Gasteiger charge is -2.34. The molecule has 1 aromatic rings. The molecule has 0 unspecified atom stereocenters. The van der Waals surface area contributed by atoms with Crippen molar-refractivity contribution in [3.63, 3.8) is 0 Å². The molecule has 4 heteroatoms. The van der Waals surface area contributed by atoms with Gasteiger partial charge in [-0.25, -0.2) is 0 Å². The predicted molar refractivity (Wildman–Crippen MR) is 59.1 cm³/mol. The Bertz CT molecular complexity index is 343. The number of hydrogen-bond acceptors (Lipinski definition) is 2. The van der Waals surface area contributed by atoms with Gasteiger partial charge < -0.3 is 10.4 Å². The molecule has 0 aromatic heterocycles. The minimum Gasteiger partial charge on any atom is -0.391 e. The first-order chi connectivity index (χ1) is 6.66. The standard InChI is InChI=1S/C10H11Cl2NO/c11-6-1-2-8(7(12)5-6)13-9-3-4-10(9)14/h1-2,5,9-10,13-14H,3-4H2/t9-,10-/m0/s1. The first-order valence-corrected chi connectivity index (χ1v) is 5.32. The van der Waals surface area contributed by atoms with Crippen molar-refractivity contribution in [2.24, 2.45) is 0 Å². The number of halogens is 2. The molecule has 14 heavy (non-hydrogen) atoms. The molecule has 76 valence electrons. The van der Waals surface area contributed by atoms with E-state index in [0.29, 0.717) is 10.0 Å². The highest BCUT2D eigenvalue weighted by molar-refractivity contribution is 6.36. The van der Waals surface area contributed by atoms with E-state index in [1.165, 1.54) is 0 Å². The average Bonchev–Trinajstić information content (AvgIpc) is 2.14. The highest BCUT2D eigenvalue weighted by Gasteiger charge is 2.28. The van der Waals surface area contributed by atoms with E-state index in [-0.39, 0.29) is 12.1 Å². The maximum atomic E-state index is 9.38. The number of aliphatic hydroxyl groups is 1. The third-order valence-electron chi connectivity index (χ3n) is 2.51. The van der Waals surface area contributed by atoms with Gasteiger partial charge in [0.05, 0.1) is 22.9 Å². The monoisotopic (exact) mass is 231 g/mol. The van der Waals surface area contributed by atoms with Crippen molar-refractivity contribution in [3.8, 4) is 0 Å². The van der Waals surface area contributed by atoms with Crippen molar-refractivity contribution < 1.29 is 5.11 Å². The van der Waals surface area contributed by atoms with Crippen LogP contribution in [0, 0.1) is 0 Å². The van der Waals surface area contributed by atoms with Crippen molar-refractivity contribution in [1.29, 1.82) is 0 Å². The van der Waals surface area contributed by atoms with Gasteiger partial charge in [0.15, 0.2) is 0 Å². The van der Waals surface area contributed by atoms with Crippen LogP contribution >= 0.6 is 23.2 Å². The second-order valence-electron chi connectivity index (χ2n) is 3.52. The van der Waals surface area contributed by atoms with E-state index in [0.717, 1.165) is 18.5 Å². The summed E-state index contributed by atoms with van der Waals surface area (Å²) in [5.74, 6) is 0. The highest BCUT2D eigenvalue weighted by atomic mass is 35.5. The topological polar surface area (TPSA) is 32.3 Å². The van der Waals surface area contributed by atoms with Crippen LogP contribution in [0.1, 0.15) is 12.8 Å². The average molecular weight is 232 g/mol. The second-order valence-corrected chi connectivity index (χ2v) is 4.36. The molecule has 1 fully saturated rings. The Balaban J connectivity index is 2.09. The molecule has 1 aliphatic rings. The van der Waals surface area contributed by atoms with Crippen LogP contribution in [0.2, 0.25) is 10.0 Å². The molecule has 1 aliphatic carbocycles. The number of benzene rings is 1. The first kappa shape index (κ1) is 10.1. The number of aliphatic hydroxyl groups excluding tert-OH is 1. The van der Waals surface area contributed by atoms with Crippen molar-refractivity contribution >= 4 is 28.9 Å². The Labute approximate surface area is 92.8 Å². The van der Waals surface area contributed by atoms with Crippen molar-refractivity contribution in [2.75, 3.05) is 5.32 Å². The summed E-state index contributed by atoms with van der Waals surface area (Å²) in [7, 11) is 0. The number of rotatable bonds is 2. The van der Waals surface area contributed by atoms with Crippen LogP contribution in [-0.2, 0) is 0 Å². The molecule has 1 saturated carbocycles. The van der Waals surface area contributed by atoms with Crippen LogP contribution in [0.15, 0.2) is 18.2 Å². The zero-order chi connectivity index (χ0) is 10.1. The van der Waals surface area contributed by atoms with Gasteiger partial charge in [0.1, 0.15) is 0 Å². The SMILES string of the molecule is O[C@H]1CC[C@@H]1Nc1ccc(Cl)cc1Cl. The molecule has 0 radical (unpaired) electrons. The molecule has 0 amide bonds. The van der Waals surface area contributed by atoms with Gasteiger partial charge in [0.2, 0.25) is 0 Å². The zero-order valence-corrected chi connectivity index (χ0v) is 9.02. The lowest BCUT2D eigenvalue weighted by Crippen LogP contribution is -2.42. The lowest BCUT2D eigenvalue weighted by atomic mass is 9.89. The maximum Gasteiger partial charge on any atom is 0.0742 e. The Morgan fingerprint density at radius 3 is 2.57 bits per heavy atom. The number of anilines is 1. The van der Waals surface area contributed by atoms with Gasteiger partial charge >= 0.3 is 0 Å². The smallest absolute Gasteiger partial charge is 0.0742 e. The Hall–Kier alpha value is -0.440. The van der Waals surface area contributed by atoms with E-state index in [4.69, 9.17) is 23.2 Å². The summed E-state index contributed by atoms with van der Waals surface area (Å²) >= 11 is 11.7. The Morgan fingerprint density at radius 2 is 2.07 bits per heavy atom. The van der Waals surface area contributed by atoms with Crippen molar-refractivity contribution in [1.82, 2.24) is 0 Å². The van der Waals surface area contributed by atoms with Crippen LogP contribution in [0.4, 0.5) is 5.69 Å². The molecular formula is C10H11Cl2NO. The summed E-state index contributed by atoms with van der Waals surface area (Å²) in [6.45, 7) is 0.